The third kappa shape index (κ3) is 2.44. The first-order valence-corrected chi connectivity index (χ1v) is 5.90. The molecule has 18 heavy (non-hydrogen) atoms. The molecule has 1 heterocycles. The Hall–Kier alpha value is -0.900. The van der Waals surface area contributed by atoms with Crippen LogP contribution in [0.1, 0.15) is 5.69 Å². The molecule has 1 aromatic heterocycles. The van der Waals surface area contributed by atoms with Crippen molar-refractivity contribution in [3.8, 4) is 5.69 Å². The highest BCUT2D eigenvalue weighted by Crippen LogP contribution is 2.29. The molecule has 2 rings (SSSR count). The monoisotopic (exact) mass is 391 g/mol. The molecular formula is C9H3ClF4IN3. The second kappa shape index (κ2) is 4.65. The molecule has 0 aliphatic heterocycles. The van der Waals surface area contributed by atoms with E-state index in [4.69, 9.17) is 11.6 Å². The van der Waals surface area contributed by atoms with Gasteiger partial charge in [0, 0.05) is 0 Å². The second-order valence-electron chi connectivity index (χ2n) is 3.24. The Bertz CT molecular complexity index is 596. The molecule has 0 amide bonds. The van der Waals surface area contributed by atoms with E-state index in [0.717, 1.165) is 4.68 Å². The summed E-state index contributed by atoms with van der Waals surface area (Å²) in [5.74, 6) is -0.709. The van der Waals surface area contributed by atoms with E-state index in [1.54, 1.807) is 22.6 Å². The normalized spacial score (nSPS) is 11.9. The predicted octanol–water partition coefficient (Wildman–Crippen LogP) is 3.68. The molecule has 9 heteroatoms. The highest BCUT2D eigenvalue weighted by molar-refractivity contribution is 14.1. The van der Waals surface area contributed by atoms with E-state index in [1.165, 1.54) is 12.1 Å². The van der Waals surface area contributed by atoms with Crippen molar-refractivity contribution < 1.29 is 17.6 Å². The fourth-order valence-corrected chi connectivity index (χ4v) is 2.24. The van der Waals surface area contributed by atoms with Gasteiger partial charge >= 0.3 is 6.18 Å². The van der Waals surface area contributed by atoms with Crippen LogP contribution >= 0.6 is 34.2 Å². The van der Waals surface area contributed by atoms with Crippen molar-refractivity contribution in [2.75, 3.05) is 0 Å². The van der Waals surface area contributed by atoms with Crippen LogP contribution in [0.25, 0.3) is 5.69 Å². The smallest absolute Gasteiger partial charge is 0.219 e. The molecule has 0 unspecified atom stereocenters. The molecule has 0 spiro atoms. The quantitative estimate of drug-likeness (QED) is 0.422. The van der Waals surface area contributed by atoms with E-state index >= 15 is 0 Å². The zero-order chi connectivity index (χ0) is 13.5. The van der Waals surface area contributed by atoms with Gasteiger partial charge in [-0.25, -0.2) is 9.07 Å². The number of alkyl halides is 3. The van der Waals surface area contributed by atoms with Gasteiger partial charge in [0.25, 0.3) is 0 Å². The van der Waals surface area contributed by atoms with Gasteiger partial charge in [0.05, 0.1) is 20.5 Å². The first-order valence-electron chi connectivity index (χ1n) is 4.44. The van der Waals surface area contributed by atoms with Crippen molar-refractivity contribution in [3.63, 3.8) is 0 Å². The summed E-state index contributed by atoms with van der Waals surface area (Å²) in [6, 6.07) is 2.60. The minimum absolute atomic E-state index is 0.0683. The maximum absolute atomic E-state index is 13.5. The zero-order valence-corrected chi connectivity index (χ0v) is 11.3. The summed E-state index contributed by atoms with van der Waals surface area (Å²) >= 11 is 7.18. The zero-order valence-electron chi connectivity index (χ0n) is 8.34. The van der Waals surface area contributed by atoms with Gasteiger partial charge in [-0.15, -0.1) is 5.10 Å². The van der Waals surface area contributed by atoms with Crippen LogP contribution in [0.15, 0.2) is 18.3 Å². The number of rotatable bonds is 1. The third-order valence-electron chi connectivity index (χ3n) is 2.05. The average Bonchev–Trinajstić information content (AvgIpc) is 2.75. The van der Waals surface area contributed by atoms with Gasteiger partial charge in [0.15, 0.2) is 11.5 Å². The minimum Gasteiger partial charge on any atom is -0.219 e. The Morgan fingerprint density at radius 2 is 1.94 bits per heavy atom. The molecule has 0 saturated carbocycles. The van der Waals surface area contributed by atoms with Crippen LogP contribution in [-0.4, -0.2) is 15.0 Å². The molecule has 3 nitrogen and oxygen atoms in total. The maximum Gasteiger partial charge on any atom is 0.436 e. The number of aromatic nitrogens is 3. The van der Waals surface area contributed by atoms with E-state index in [0.29, 0.717) is 6.20 Å². The maximum atomic E-state index is 13.5. The van der Waals surface area contributed by atoms with Gasteiger partial charge in [0.2, 0.25) is 0 Å². The molecule has 96 valence electrons. The van der Waals surface area contributed by atoms with Crippen LogP contribution in [0.5, 0.6) is 0 Å². The van der Waals surface area contributed by atoms with Crippen molar-refractivity contribution >= 4 is 34.2 Å². The topological polar surface area (TPSA) is 30.7 Å². The van der Waals surface area contributed by atoms with E-state index in [-0.39, 0.29) is 14.3 Å². The summed E-state index contributed by atoms with van der Waals surface area (Å²) in [4.78, 5) is 0. The summed E-state index contributed by atoms with van der Waals surface area (Å²) in [5.41, 5.74) is -1.01. The highest BCUT2D eigenvalue weighted by atomic mass is 127. The molecule has 0 fully saturated rings. The molecular weight excluding hydrogens is 388 g/mol. The summed E-state index contributed by atoms with van der Waals surface area (Å²) in [6.45, 7) is 0. The van der Waals surface area contributed by atoms with Crippen LogP contribution < -0.4 is 0 Å². The lowest BCUT2D eigenvalue weighted by Gasteiger charge is -2.05. The molecule has 0 saturated heterocycles. The van der Waals surface area contributed by atoms with Gasteiger partial charge in [-0.05, 0) is 34.7 Å². The lowest BCUT2D eigenvalue weighted by molar-refractivity contribution is -0.141. The number of hydrogen-bond donors (Lipinski definition) is 0. The van der Waals surface area contributed by atoms with Crippen LogP contribution in [-0.2, 0) is 6.18 Å². The van der Waals surface area contributed by atoms with Gasteiger partial charge in [-0.1, -0.05) is 16.8 Å². The van der Waals surface area contributed by atoms with Crippen LogP contribution in [0, 0.1) is 9.39 Å². The van der Waals surface area contributed by atoms with E-state index < -0.39 is 17.7 Å². The Balaban J connectivity index is 2.50. The lowest BCUT2D eigenvalue weighted by atomic mass is 10.3. The first kappa shape index (κ1) is 13.5. The lowest BCUT2D eigenvalue weighted by Crippen LogP contribution is -2.05. The van der Waals surface area contributed by atoms with E-state index in [1.807, 2.05) is 0 Å². The molecule has 0 aliphatic rings. The molecule has 0 N–H and O–H groups in total. The summed E-state index contributed by atoms with van der Waals surface area (Å²) < 4.78 is 51.5. The number of benzene rings is 1. The summed E-state index contributed by atoms with van der Waals surface area (Å²) in [7, 11) is 0. The van der Waals surface area contributed by atoms with Crippen LogP contribution in [0.2, 0.25) is 5.02 Å². The SMILES string of the molecule is Fc1c(Cl)ccc(-n2cc(C(F)(F)F)nn2)c1I. The fraction of sp³-hybridized carbons (Fsp3) is 0.111. The second-order valence-corrected chi connectivity index (χ2v) is 4.73. The Labute approximate surface area is 117 Å². The van der Waals surface area contributed by atoms with Crippen LogP contribution in [0.4, 0.5) is 17.6 Å². The predicted molar refractivity (Wildman–Crippen MR) is 64.0 cm³/mol. The molecule has 0 atom stereocenters. The molecule has 1 aromatic carbocycles. The molecule has 2 aromatic rings. The third-order valence-corrected chi connectivity index (χ3v) is 3.36. The van der Waals surface area contributed by atoms with Gasteiger partial charge in [0.1, 0.15) is 0 Å². The number of nitrogens with zero attached hydrogens (tertiary/aromatic N) is 3. The fourth-order valence-electron chi connectivity index (χ4n) is 1.20. The van der Waals surface area contributed by atoms with E-state index in [9.17, 15) is 17.6 Å². The Kier molecular flexibility index (Phi) is 3.49. The molecule has 0 aliphatic carbocycles. The Morgan fingerprint density at radius 3 is 2.50 bits per heavy atom. The first-order chi connectivity index (χ1) is 8.30. The van der Waals surface area contributed by atoms with Gasteiger partial charge in [-0.3, -0.25) is 0 Å². The number of hydrogen-bond acceptors (Lipinski definition) is 2. The highest BCUT2D eigenvalue weighted by Gasteiger charge is 2.34. The average molecular weight is 391 g/mol. The summed E-state index contributed by atoms with van der Waals surface area (Å²) in [6.07, 6.45) is -3.90. The number of halogens is 6. The molecule has 0 bridgehead atoms. The van der Waals surface area contributed by atoms with Crippen LogP contribution in [0.3, 0.4) is 0 Å². The van der Waals surface area contributed by atoms with E-state index in [2.05, 4.69) is 10.3 Å². The standard InChI is InChI=1S/C9H3ClF4IN3/c10-4-1-2-5(8(15)7(4)11)18-3-6(16-17-18)9(12,13)14/h1-3H. The molecule has 0 radical (unpaired) electrons. The van der Waals surface area contributed by atoms with Crippen molar-refractivity contribution in [2.24, 2.45) is 0 Å². The van der Waals surface area contributed by atoms with Crippen molar-refractivity contribution in [2.45, 2.75) is 6.18 Å². The largest absolute Gasteiger partial charge is 0.436 e. The minimum atomic E-state index is -4.59. The Morgan fingerprint density at radius 1 is 1.28 bits per heavy atom. The van der Waals surface area contributed by atoms with Crippen molar-refractivity contribution in [3.05, 3.63) is 38.4 Å². The summed E-state index contributed by atoms with van der Waals surface area (Å²) in [5, 5.41) is 6.19. The van der Waals surface area contributed by atoms with Gasteiger partial charge < -0.3 is 0 Å². The van der Waals surface area contributed by atoms with Crippen molar-refractivity contribution in [1.29, 1.82) is 0 Å². The van der Waals surface area contributed by atoms with Crippen molar-refractivity contribution in [1.82, 2.24) is 15.0 Å². The van der Waals surface area contributed by atoms with Gasteiger partial charge in [-0.2, -0.15) is 13.2 Å².